The van der Waals surface area contributed by atoms with Gasteiger partial charge in [0, 0.05) is 22.3 Å². The van der Waals surface area contributed by atoms with Crippen molar-refractivity contribution in [1.82, 2.24) is 10.3 Å². The van der Waals surface area contributed by atoms with Crippen LogP contribution in [-0.4, -0.2) is 87.6 Å². The summed E-state index contributed by atoms with van der Waals surface area (Å²) in [7, 11) is -2.48. The molecule has 11 nitrogen and oxygen atoms in total. The van der Waals surface area contributed by atoms with Crippen molar-refractivity contribution in [2.45, 2.75) is 23.1 Å². The lowest BCUT2D eigenvalue weighted by Gasteiger charge is -2.42. The van der Waals surface area contributed by atoms with E-state index in [0.29, 0.717) is 46.0 Å². The quantitative estimate of drug-likeness (QED) is 0.218. The lowest BCUT2D eigenvalue weighted by atomic mass is 10.1. The maximum Gasteiger partial charge on any atom is 0.337 e. The van der Waals surface area contributed by atoms with Gasteiger partial charge in [0.2, 0.25) is 0 Å². The molecule has 0 saturated carbocycles. The number of carboxylic acid groups (broad SMARTS) is 1. The van der Waals surface area contributed by atoms with Gasteiger partial charge in [0.25, 0.3) is 5.91 Å². The molecule has 14 heteroatoms. The number of quaternary nitrogens is 1. The molecule has 1 N–H and O–H groups in total. The van der Waals surface area contributed by atoms with Crippen LogP contribution < -0.4 is 10.4 Å². The van der Waals surface area contributed by atoms with E-state index in [1.54, 1.807) is 54.7 Å². The third-order valence-electron chi connectivity index (χ3n) is 6.72. The number of likely N-dealkylation sites (N-methyl/N-ethyl adjacent to an activating group) is 1. The predicted molar refractivity (Wildman–Crippen MR) is 147 cm³/mol. The van der Waals surface area contributed by atoms with Gasteiger partial charge in [-0.3, -0.25) is 9.80 Å². The van der Waals surface area contributed by atoms with Crippen molar-refractivity contribution in [2.24, 2.45) is 5.10 Å². The van der Waals surface area contributed by atoms with E-state index in [4.69, 9.17) is 21.1 Å². The molecule has 5 rings (SSSR count). The first-order chi connectivity index (χ1) is 19.0. The van der Waals surface area contributed by atoms with E-state index in [1.165, 1.54) is 6.07 Å². The molecule has 1 amide bonds. The number of sulfonamides is 1. The molecule has 1 aromatic heterocycles. The number of amides is 1. The normalized spacial score (nSPS) is 22.1. The maximum absolute atomic E-state index is 14.2. The molecule has 212 valence electrons. The Kier molecular flexibility index (Phi) is 8.13. The number of thiophene rings is 1. The van der Waals surface area contributed by atoms with Crippen LogP contribution in [0.5, 0.6) is 0 Å². The van der Waals surface area contributed by atoms with Crippen molar-refractivity contribution in [1.29, 1.82) is 0 Å². The molecule has 40 heavy (non-hydrogen) atoms. The average Bonchev–Trinajstić information content (AvgIpc) is 3.57. The zero-order valence-corrected chi connectivity index (χ0v) is 23.9. The number of rotatable bonds is 9. The van der Waals surface area contributed by atoms with Gasteiger partial charge in [-0.25, -0.2) is 0 Å². The smallest absolute Gasteiger partial charge is 0.337 e. The molecule has 0 radical (unpaired) electrons. The van der Waals surface area contributed by atoms with Crippen LogP contribution in [-0.2, 0) is 35.6 Å². The predicted octanol–water partition coefficient (Wildman–Crippen LogP) is 1.15. The third-order valence-corrected chi connectivity index (χ3v) is 10.8. The Morgan fingerprint density at radius 3 is 2.77 bits per heavy atom. The number of carboxylic acids is 1. The second kappa shape index (κ2) is 11.4. The molecule has 2 aliphatic rings. The van der Waals surface area contributed by atoms with Crippen molar-refractivity contribution in [3.8, 4) is 0 Å². The van der Waals surface area contributed by atoms with Crippen LogP contribution in [0, 0.1) is 0 Å². The Morgan fingerprint density at radius 1 is 1.25 bits per heavy atom. The van der Waals surface area contributed by atoms with Crippen molar-refractivity contribution >= 4 is 61.1 Å². The molecule has 2 fully saturated rings. The highest BCUT2D eigenvalue weighted by molar-refractivity contribution is 7.88. The lowest BCUT2D eigenvalue weighted by molar-refractivity contribution is -0.816. The Labute approximate surface area is 240 Å². The monoisotopic (exact) mass is 606 g/mol. The Hall–Kier alpha value is -3.07. The highest BCUT2D eigenvalue weighted by atomic mass is 35.5. The molecule has 2 aliphatic heterocycles. The number of carbonyl (C=O) groups excluding carboxylic acids is 2. The summed E-state index contributed by atoms with van der Waals surface area (Å²) in [6, 6.07) is 12.2. The standard InChI is InChI=1S/C26H27ClN4O7S2/c1-30(13-24-37-7-8-38-24)28-12-17-3-2-4-18(9-17)14-31(15-21(26(33)34)29-23(32)16-31)40(35,36)25-10-19-5-6-20(27)11-22(19)39-25/h2-6,9-12,21,24H,7-8,13-16H2,1H3,(H-,29,32,33,34)/t21-,31?/m1/s1. The largest absolute Gasteiger partial charge is 0.548 e. The van der Waals surface area contributed by atoms with Gasteiger partial charge in [0.05, 0.1) is 31.9 Å². The SMILES string of the molecule is CN(CC1OCCO1)N=Cc1cccc(C[N+]2(S(=O)(=O)c3cc4ccc(Cl)cc4s3)CC(=O)N[C@@H](C(=O)[O-])C2)c1. The van der Waals surface area contributed by atoms with Crippen LogP contribution in [0.15, 0.2) is 57.8 Å². The van der Waals surface area contributed by atoms with Gasteiger partial charge in [0.15, 0.2) is 17.0 Å². The van der Waals surface area contributed by atoms with Gasteiger partial charge in [-0.1, -0.05) is 35.9 Å². The molecule has 2 saturated heterocycles. The van der Waals surface area contributed by atoms with E-state index < -0.39 is 44.9 Å². The van der Waals surface area contributed by atoms with Crippen LogP contribution in [0.4, 0.5) is 0 Å². The number of hydrazone groups is 1. The fourth-order valence-corrected chi connectivity index (χ4v) is 8.65. The summed E-state index contributed by atoms with van der Waals surface area (Å²) in [5.41, 5.74) is 1.29. The van der Waals surface area contributed by atoms with Gasteiger partial charge in [-0.05, 0) is 35.2 Å². The number of nitrogens with zero attached hydrogens (tertiary/aromatic N) is 3. The Balaban J connectivity index is 1.48. The molecule has 2 aromatic carbocycles. The van der Waals surface area contributed by atoms with Crippen LogP contribution in [0.2, 0.25) is 5.02 Å². The number of hydrogen-bond donors (Lipinski definition) is 1. The van der Waals surface area contributed by atoms with Crippen molar-refractivity contribution < 1.29 is 36.5 Å². The summed E-state index contributed by atoms with van der Waals surface area (Å²) in [5, 5.41) is 21.4. The number of nitrogens with one attached hydrogen (secondary N) is 1. The average molecular weight is 607 g/mol. The first-order valence-corrected chi connectivity index (χ1v) is 15.1. The van der Waals surface area contributed by atoms with Gasteiger partial charge in [-0.15, -0.1) is 11.3 Å². The van der Waals surface area contributed by atoms with E-state index in [-0.39, 0.29) is 17.0 Å². The minimum absolute atomic E-state index is 0.0206. The van der Waals surface area contributed by atoms with Gasteiger partial charge < -0.3 is 24.7 Å². The Bertz CT molecular complexity index is 1570. The summed E-state index contributed by atoms with van der Waals surface area (Å²) in [5.74, 6) is -2.24. The number of ether oxygens (including phenoxy) is 2. The second-order valence-electron chi connectivity index (χ2n) is 9.72. The van der Waals surface area contributed by atoms with Crippen molar-refractivity contribution in [3.05, 3.63) is 64.7 Å². The molecule has 0 aliphatic carbocycles. The molecule has 0 spiro atoms. The van der Waals surface area contributed by atoms with Crippen LogP contribution in [0.25, 0.3) is 10.1 Å². The van der Waals surface area contributed by atoms with E-state index in [0.717, 1.165) is 11.3 Å². The second-order valence-corrected chi connectivity index (χ2v) is 13.7. The molecule has 3 aromatic rings. The van der Waals surface area contributed by atoms with Gasteiger partial charge >= 0.3 is 10.0 Å². The van der Waals surface area contributed by atoms with Crippen LogP contribution >= 0.6 is 22.9 Å². The fourth-order valence-electron chi connectivity index (χ4n) is 4.81. The maximum atomic E-state index is 14.2. The summed E-state index contributed by atoms with van der Waals surface area (Å²) in [4.78, 5) is 24.5. The van der Waals surface area contributed by atoms with E-state index in [2.05, 4.69) is 10.4 Å². The number of fused-ring (bicyclic) bond motifs is 1. The first kappa shape index (κ1) is 28.5. The summed E-state index contributed by atoms with van der Waals surface area (Å²) >= 11 is 7.13. The minimum Gasteiger partial charge on any atom is -0.548 e. The first-order valence-electron chi connectivity index (χ1n) is 12.4. The van der Waals surface area contributed by atoms with E-state index in [1.807, 2.05) is 6.07 Å². The zero-order chi connectivity index (χ0) is 28.5. The summed E-state index contributed by atoms with van der Waals surface area (Å²) < 4.78 is 39.2. The topological polar surface area (TPSA) is 137 Å². The van der Waals surface area contributed by atoms with Gasteiger partial charge in [0.1, 0.15) is 19.1 Å². The number of aliphatic carboxylic acids is 1. The summed E-state index contributed by atoms with van der Waals surface area (Å²) in [6.45, 7) is 0.528. The Morgan fingerprint density at radius 2 is 2.02 bits per heavy atom. The van der Waals surface area contributed by atoms with E-state index >= 15 is 0 Å². The molecular weight excluding hydrogens is 580 g/mol. The van der Waals surface area contributed by atoms with Crippen molar-refractivity contribution in [3.63, 3.8) is 0 Å². The van der Waals surface area contributed by atoms with Crippen LogP contribution in [0.1, 0.15) is 11.1 Å². The lowest BCUT2D eigenvalue weighted by Crippen LogP contribution is -2.69. The minimum atomic E-state index is -4.26. The fraction of sp³-hybridized carbons (Fsp3) is 0.346. The number of hydrogen-bond acceptors (Lipinski definition) is 10. The zero-order valence-electron chi connectivity index (χ0n) is 21.5. The van der Waals surface area contributed by atoms with E-state index in [9.17, 15) is 23.1 Å². The number of piperazine rings is 1. The molecule has 1 unspecified atom stereocenters. The molecule has 2 atom stereocenters. The third kappa shape index (κ3) is 5.99. The van der Waals surface area contributed by atoms with Crippen LogP contribution in [0.3, 0.4) is 0 Å². The molecule has 3 heterocycles. The van der Waals surface area contributed by atoms with Gasteiger partial charge in [-0.2, -0.15) is 17.4 Å². The highest BCUT2D eigenvalue weighted by Crippen LogP contribution is 2.37. The number of benzene rings is 2. The highest BCUT2D eigenvalue weighted by Gasteiger charge is 2.51. The van der Waals surface area contributed by atoms with Crippen molar-refractivity contribution in [2.75, 3.05) is 39.9 Å². The number of carbonyl (C=O) groups is 2. The molecule has 0 bridgehead atoms. The molecular formula is C26H27ClN4O7S2. The summed E-state index contributed by atoms with van der Waals surface area (Å²) in [6.07, 6.45) is 1.27. The number of halogens is 1.